The van der Waals surface area contributed by atoms with E-state index in [1.54, 1.807) is 0 Å². The van der Waals surface area contributed by atoms with Crippen LogP contribution in [0.3, 0.4) is 0 Å². The van der Waals surface area contributed by atoms with Gasteiger partial charge in [0.1, 0.15) is 12.6 Å². The van der Waals surface area contributed by atoms with Gasteiger partial charge in [-0.25, -0.2) is 4.79 Å². The summed E-state index contributed by atoms with van der Waals surface area (Å²) >= 11 is 0. The number of carbonyl (C=O) groups is 3. The summed E-state index contributed by atoms with van der Waals surface area (Å²) in [7, 11) is 0. The summed E-state index contributed by atoms with van der Waals surface area (Å²) in [5.41, 5.74) is 4.58. The van der Waals surface area contributed by atoms with Crippen molar-refractivity contribution in [3.63, 3.8) is 0 Å². The lowest BCUT2D eigenvalue weighted by Gasteiger charge is -2.19. The highest BCUT2D eigenvalue weighted by atomic mass is 16.5. The Hall–Kier alpha value is -3.35. The van der Waals surface area contributed by atoms with E-state index in [4.69, 9.17) is 9.84 Å². The fourth-order valence-corrected chi connectivity index (χ4v) is 4.28. The molecule has 1 fully saturated rings. The van der Waals surface area contributed by atoms with Crippen LogP contribution >= 0.6 is 0 Å². The van der Waals surface area contributed by atoms with Gasteiger partial charge in [0, 0.05) is 18.9 Å². The number of amides is 2. The number of ether oxygens (including phenoxy) is 1. The van der Waals surface area contributed by atoms with Crippen molar-refractivity contribution in [3.8, 4) is 11.1 Å². The van der Waals surface area contributed by atoms with Crippen LogP contribution in [0.4, 0.5) is 4.79 Å². The molecule has 2 amide bonds. The maximum absolute atomic E-state index is 12.6. The number of hydrogen-bond acceptors (Lipinski definition) is 4. The van der Waals surface area contributed by atoms with Crippen LogP contribution in [0, 0.1) is 5.92 Å². The first-order valence-corrected chi connectivity index (χ1v) is 11.1. The third-order valence-corrected chi connectivity index (χ3v) is 6.08. The van der Waals surface area contributed by atoms with Crippen molar-refractivity contribution < 1.29 is 24.2 Å². The average Bonchev–Trinajstić information content (AvgIpc) is 3.55. The molecule has 2 aromatic carbocycles. The molecule has 2 aromatic rings. The molecule has 0 heterocycles. The second-order valence-corrected chi connectivity index (χ2v) is 8.49. The number of nitrogens with one attached hydrogen (secondary N) is 2. The summed E-state index contributed by atoms with van der Waals surface area (Å²) in [6, 6.07) is 15.6. The topological polar surface area (TPSA) is 105 Å². The summed E-state index contributed by atoms with van der Waals surface area (Å²) in [6.45, 7) is 0.453. The first-order chi connectivity index (χ1) is 15.5. The molecule has 0 spiro atoms. The van der Waals surface area contributed by atoms with E-state index < -0.39 is 18.1 Å². The number of aliphatic carboxylic acids is 1. The minimum Gasteiger partial charge on any atom is -0.481 e. The Balaban J connectivity index is 1.34. The zero-order valence-corrected chi connectivity index (χ0v) is 17.9. The number of carboxylic acids is 1. The molecule has 2 aliphatic rings. The van der Waals surface area contributed by atoms with Crippen molar-refractivity contribution in [1.82, 2.24) is 10.6 Å². The van der Waals surface area contributed by atoms with Gasteiger partial charge in [-0.05, 0) is 41.0 Å². The van der Waals surface area contributed by atoms with E-state index in [1.165, 1.54) is 0 Å². The average molecular weight is 437 g/mol. The predicted molar refractivity (Wildman–Crippen MR) is 119 cm³/mol. The van der Waals surface area contributed by atoms with E-state index in [-0.39, 0.29) is 31.4 Å². The van der Waals surface area contributed by atoms with Crippen LogP contribution in [0.15, 0.2) is 48.5 Å². The number of alkyl carbamates (subject to hydrolysis) is 1. The van der Waals surface area contributed by atoms with Gasteiger partial charge in [0.2, 0.25) is 5.91 Å². The lowest BCUT2D eigenvalue weighted by Crippen LogP contribution is -2.47. The van der Waals surface area contributed by atoms with E-state index in [2.05, 4.69) is 34.9 Å². The first kappa shape index (κ1) is 21.9. The number of fused-ring (bicyclic) bond motifs is 3. The Kier molecular flexibility index (Phi) is 6.73. The molecule has 0 saturated heterocycles. The lowest BCUT2D eigenvalue weighted by atomic mass is 9.98. The minimum absolute atomic E-state index is 0.00657. The fourth-order valence-electron chi connectivity index (χ4n) is 4.28. The first-order valence-electron chi connectivity index (χ1n) is 11.1. The van der Waals surface area contributed by atoms with E-state index in [1.807, 2.05) is 24.3 Å². The summed E-state index contributed by atoms with van der Waals surface area (Å²) in [6.07, 6.45) is 2.40. The molecule has 7 heteroatoms. The van der Waals surface area contributed by atoms with Crippen molar-refractivity contribution in [3.05, 3.63) is 59.7 Å². The second kappa shape index (κ2) is 9.85. The highest BCUT2D eigenvalue weighted by Gasteiger charge is 2.32. The van der Waals surface area contributed by atoms with Crippen LogP contribution in [0.1, 0.15) is 49.1 Å². The Labute approximate surface area is 187 Å². The Bertz CT molecular complexity index is 956. The second-order valence-electron chi connectivity index (χ2n) is 8.49. The molecule has 4 rings (SSSR count). The molecule has 0 radical (unpaired) electrons. The number of carboxylic acid groups (broad SMARTS) is 1. The number of carbonyl (C=O) groups excluding carboxylic acids is 2. The Morgan fingerprint density at radius 1 is 1.00 bits per heavy atom. The summed E-state index contributed by atoms with van der Waals surface area (Å²) < 4.78 is 5.57. The van der Waals surface area contributed by atoms with Crippen LogP contribution in [-0.2, 0) is 14.3 Å². The van der Waals surface area contributed by atoms with Crippen LogP contribution in [0.5, 0.6) is 0 Å². The van der Waals surface area contributed by atoms with Gasteiger partial charge in [-0.15, -0.1) is 0 Å². The standard InChI is InChI=1S/C25H28N2O5/c28-23(29)10-5-13-26-24(30)22(14-16-11-12-16)27-25(31)32-15-21-19-8-3-1-6-17(19)18-7-2-4-9-20(18)21/h1-4,6-9,16,21-22H,5,10-15H2,(H,26,30)(H,27,31)(H,28,29). The molecule has 1 atom stereocenters. The third kappa shape index (κ3) is 5.28. The van der Waals surface area contributed by atoms with Gasteiger partial charge in [0.15, 0.2) is 0 Å². The third-order valence-electron chi connectivity index (χ3n) is 6.08. The molecule has 32 heavy (non-hydrogen) atoms. The summed E-state index contributed by atoms with van der Waals surface area (Å²) in [5.74, 6) is -0.806. The smallest absolute Gasteiger partial charge is 0.407 e. The van der Waals surface area contributed by atoms with Gasteiger partial charge >= 0.3 is 12.1 Å². The van der Waals surface area contributed by atoms with E-state index in [0.29, 0.717) is 18.8 Å². The quantitative estimate of drug-likeness (QED) is 0.493. The maximum atomic E-state index is 12.6. The molecule has 7 nitrogen and oxygen atoms in total. The zero-order valence-electron chi connectivity index (χ0n) is 17.9. The number of benzene rings is 2. The molecular formula is C25H28N2O5. The van der Waals surface area contributed by atoms with Gasteiger partial charge in [0.25, 0.3) is 0 Å². The van der Waals surface area contributed by atoms with Gasteiger partial charge in [-0.3, -0.25) is 9.59 Å². The molecule has 0 aromatic heterocycles. The highest BCUT2D eigenvalue weighted by Crippen LogP contribution is 2.44. The predicted octanol–water partition coefficient (Wildman–Crippen LogP) is 3.67. The van der Waals surface area contributed by atoms with Crippen molar-refractivity contribution in [1.29, 1.82) is 0 Å². The number of rotatable bonds is 10. The normalized spacial score (nSPS) is 15.4. The molecular weight excluding hydrogens is 408 g/mol. The van der Waals surface area contributed by atoms with E-state index in [0.717, 1.165) is 35.1 Å². The van der Waals surface area contributed by atoms with E-state index in [9.17, 15) is 14.4 Å². The molecule has 168 valence electrons. The largest absolute Gasteiger partial charge is 0.481 e. The monoisotopic (exact) mass is 436 g/mol. The van der Waals surface area contributed by atoms with Crippen molar-refractivity contribution >= 4 is 18.0 Å². The molecule has 0 aliphatic heterocycles. The zero-order chi connectivity index (χ0) is 22.5. The fraction of sp³-hybridized carbons (Fsp3) is 0.400. The molecule has 3 N–H and O–H groups in total. The minimum atomic E-state index is -0.898. The lowest BCUT2D eigenvalue weighted by molar-refractivity contribution is -0.137. The molecule has 1 saturated carbocycles. The summed E-state index contributed by atoms with van der Waals surface area (Å²) in [4.78, 5) is 35.7. The SMILES string of the molecule is O=C(O)CCCNC(=O)C(CC1CC1)NC(=O)OCC1c2ccccc2-c2ccccc21. The van der Waals surface area contributed by atoms with E-state index >= 15 is 0 Å². The van der Waals surface area contributed by atoms with Gasteiger partial charge in [-0.1, -0.05) is 61.4 Å². The van der Waals surface area contributed by atoms with Crippen LogP contribution in [-0.4, -0.2) is 42.3 Å². The molecule has 2 aliphatic carbocycles. The number of hydrogen-bond donors (Lipinski definition) is 3. The van der Waals surface area contributed by atoms with Crippen molar-refractivity contribution in [2.24, 2.45) is 5.92 Å². The maximum Gasteiger partial charge on any atom is 0.407 e. The van der Waals surface area contributed by atoms with Crippen LogP contribution in [0.2, 0.25) is 0 Å². The molecule has 1 unspecified atom stereocenters. The summed E-state index contributed by atoms with van der Waals surface area (Å²) in [5, 5.41) is 14.2. The molecule has 0 bridgehead atoms. The Morgan fingerprint density at radius 3 is 2.22 bits per heavy atom. The van der Waals surface area contributed by atoms with Crippen LogP contribution < -0.4 is 10.6 Å². The highest BCUT2D eigenvalue weighted by molar-refractivity contribution is 5.85. The van der Waals surface area contributed by atoms with Gasteiger partial charge in [-0.2, -0.15) is 0 Å². The van der Waals surface area contributed by atoms with Crippen LogP contribution in [0.25, 0.3) is 11.1 Å². The van der Waals surface area contributed by atoms with Gasteiger partial charge < -0.3 is 20.5 Å². The van der Waals surface area contributed by atoms with Crippen molar-refractivity contribution in [2.45, 2.75) is 44.1 Å². The Morgan fingerprint density at radius 2 is 1.62 bits per heavy atom. The van der Waals surface area contributed by atoms with Crippen molar-refractivity contribution in [2.75, 3.05) is 13.2 Å². The van der Waals surface area contributed by atoms with Gasteiger partial charge in [0.05, 0.1) is 0 Å².